The number of amides is 2. The molecular formula is C22H23N3O. The van der Waals surface area contributed by atoms with Crippen LogP contribution in [-0.4, -0.2) is 17.1 Å². The number of aromatic nitrogens is 1. The number of nitrogens with one attached hydrogen (secondary N) is 2. The molecule has 2 amide bonds. The second kappa shape index (κ2) is 7.40. The summed E-state index contributed by atoms with van der Waals surface area (Å²) in [6, 6.07) is 14.3. The summed E-state index contributed by atoms with van der Waals surface area (Å²) in [6.07, 6.45) is 3.64. The second-order valence-electron chi connectivity index (χ2n) is 6.66. The van der Waals surface area contributed by atoms with Gasteiger partial charge in [0.2, 0.25) is 0 Å². The molecule has 26 heavy (non-hydrogen) atoms. The van der Waals surface area contributed by atoms with Crippen LogP contribution in [0.25, 0.3) is 28.0 Å². The van der Waals surface area contributed by atoms with Crippen LogP contribution in [0.15, 0.2) is 55.2 Å². The molecule has 0 aliphatic heterocycles. The van der Waals surface area contributed by atoms with Gasteiger partial charge in [0.15, 0.2) is 0 Å². The van der Waals surface area contributed by atoms with Crippen molar-refractivity contribution in [2.24, 2.45) is 0 Å². The van der Waals surface area contributed by atoms with Crippen molar-refractivity contribution >= 4 is 28.7 Å². The lowest BCUT2D eigenvalue weighted by molar-refractivity contribution is 0.250. The van der Waals surface area contributed by atoms with Gasteiger partial charge in [0.05, 0.1) is 0 Å². The molecule has 132 valence electrons. The van der Waals surface area contributed by atoms with Gasteiger partial charge in [0.25, 0.3) is 0 Å². The first kappa shape index (κ1) is 17.7. The van der Waals surface area contributed by atoms with Gasteiger partial charge in [0, 0.05) is 17.6 Å². The molecule has 3 rings (SSSR count). The van der Waals surface area contributed by atoms with Crippen molar-refractivity contribution in [3.8, 4) is 11.1 Å². The Balaban J connectivity index is 1.92. The fourth-order valence-electron chi connectivity index (χ4n) is 2.87. The number of pyridine rings is 1. The minimum Gasteiger partial charge on any atom is -0.336 e. The molecule has 0 saturated heterocycles. The van der Waals surface area contributed by atoms with Crippen LogP contribution >= 0.6 is 0 Å². The van der Waals surface area contributed by atoms with Gasteiger partial charge in [-0.05, 0) is 66.6 Å². The molecule has 4 nitrogen and oxygen atoms in total. The highest BCUT2D eigenvalue weighted by Crippen LogP contribution is 2.28. The topological polar surface area (TPSA) is 54.0 Å². The minimum atomic E-state index is -0.250. The van der Waals surface area contributed by atoms with Crippen molar-refractivity contribution in [1.82, 2.24) is 10.3 Å². The normalized spacial score (nSPS) is 10.8. The van der Waals surface area contributed by atoms with Crippen LogP contribution in [0.4, 0.5) is 10.6 Å². The number of rotatable bonds is 4. The van der Waals surface area contributed by atoms with E-state index in [0.29, 0.717) is 5.82 Å². The van der Waals surface area contributed by atoms with Gasteiger partial charge < -0.3 is 5.32 Å². The van der Waals surface area contributed by atoms with E-state index in [2.05, 4.69) is 65.5 Å². The predicted octanol–water partition coefficient (Wildman–Crippen LogP) is 5.38. The molecule has 0 unspecified atom stereocenters. The number of urea groups is 1. The van der Waals surface area contributed by atoms with E-state index in [9.17, 15) is 4.79 Å². The molecule has 0 fully saturated rings. The van der Waals surface area contributed by atoms with E-state index >= 15 is 0 Å². The summed E-state index contributed by atoms with van der Waals surface area (Å²) in [4.78, 5) is 16.2. The smallest absolute Gasteiger partial charge is 0.320 e. The second-order valence-corrected chi connectivity index (χ2v) is 6.66. The minimum absolute atomic E-state index is 0.0765. The molecular weight excluding hydrogens is 322 g/mol. The molecule has 0 aliphatic carbocycles. The number of carbonyl (C=O) groups excluding carboxylic acids is 1. The van der Waals surface area contributed by atoms with Gasteiger partial charge in [-0.25, -0.2) is 9.78 Å². The maximum atomic E-state index is 11.8. The van der Waals surface area contributed by atoms with Crippen molar-refractivity contribution in [3.05, 3.63) is 66.4 Å². The third-order valence-corrected chi connectivity index (χ3v) is 4.19. The van der Waals surface area contributed by atoms with E-state index in [1.807, 2.05) is 26.0 Å². The Labute approximate surface area is 154 Å². The Bertz CT molecular complexity index is 976. The lowest BCUT2D eigenvalue weighted by atomic mass is 9.96. The number of aryl methyl sites for hydroxylation is 1. The van der Waals surface area contributed by atoms with Crippen LogP contribution in [-0.2, 0) is 0 Å². The zero-order valence-electron chi connectivity index (χ0n) is 15.3. The summed E-state index contributed by atoms with van der Waals surface area (Å²) in [7, 11) is 0. The van der Waals surface area contributed by atoms with Crippen LogP contribution in [0.5, 0.6) is 0 Å². The van der Waals surface area contributed by atoms with E-state index in [1.54, 1.807) is 6.20 Å². The fraction of sp³-hybridized carbons (Fsp3) is 0.182. The lowest BCUT2D eigenvalue weighted by Crippen LogP contribution is -2.34. The number of anilines is 1. The third-order valence-electron chi connectivity index (χ3n) is 4.19. The highest BCUT2D eigenvalue weighted by molar-refractivity contribution is 5.93. The standard InChI is InChI=1S/C22H23N3O/c1-5-16-7-6-15(4)20(10-16)18-9-8-17-12-21(23-13-19(17)11-18)25-22(26)24-14(2)3/h5-14H,1H2,2-4H3,(H2,23,24,25,26). The summed E-state index contributed by atoms with van der Waals surface area (Å²) in [5.41, 5.74) is 4.63. The number of hydrogen-bond acceptors (Lipinski definition) is 2. The van der Waals surface area contributed by atoms with Gasteiger partial charge >= 0.3 is 6.03 Å². The van der Waals surface area contributed by atoms with E-state index < -0.39 is 0 Å². The van der Waals surface area contributed by atoms with E-state index in [1.165, 1.54) is 11.1 Å². The zero-order chi connectivity index (χ0) is 18.7. The number of carbonyl (C=O) groups is 1. The summed E-state index contributed by atoms with van der Waals surface area (Å²) in [5.74, 6) is 0.535. The average molecular weight is 345 g/mol. The molecule has 0 saturated carbocycles. The molecule has 0 aliphatic rings. The Morgan fingerprint density at radius 3 is 2.65 bits per heavy atom. The molecule has 2 N–H and O–H groups in total. The molecule has 2 aromatic carbocycles. The maximum Gasteiger partial charge on any atom is 0.320 e. The molecule has 1 heterocycles. The number of benzene rings is 2. The summed E-state index contributed by atoms with van der Waals surface area (Å²) in [5, 5.41) is 7.61. The molecule has 0 spiro atoms. The quantitative estimate of drug-likeness (QED) is 0.667. The Morgan fingerprint density at radius 2 is 1.92 bits per heavy atom. The molecule has 0 radical (unpaired) electrons. The predicted molar refractivity (Wildman–Crippen MR) is 109 cm³/mol. The maximum absolute atomic E-state index is 11.8. The van der Waals surface area contributed by atoms with Crippen LogP contribution in [0.1, 0.15) is 25.0 Å². The van der Waals surface area contributed by atoms with Crippen molar-refractivity contribution in [2.45, 2.75) is 26.8 Å². The van der Waals surface area contributed by atoms with Crippen molar-refractivity contribution in [2.75, 3.05) is 5.32 Å². The summed E-state index contributed by atoms with van der Waals surface area (Å²) >= 11 is 0. The Morgan fingerprint density at radius 1 is 1.12 bits per heavy atom. The van der Waals surface area contributed by atoms with E-state index in [0.717, 1.165) is 21.9 Å². The monoisotopic (exact) mass is 345 g/mol. The number of hydrogen-bond donors (Lipinski definition) is 2. The van der Waals surface area contributed by atoms with Gasteiger partial charge in [-0.3, -0.25) is 5.32 Å². The van der Waals surface area contributed by atoms with Gasteiger partial charge in [0.1, 0.15) is 5.82 Å². The van der Waals surface area contributed by atoms with Crippen LogP contribution < -0.4 is 10.6 Å². The van der Waals surface area contributed by atoms with Gasteiger partial charge in [-0.2, -0.15) is 0 Å². The first-order valence-electron chi connectivity index (χ1n) is 8.67. The first-order valence-corrected chi connectivity index (χ1v) is 8.67. The first-order chi connectivity index (χ1) is 12.5. The fourth-order valence-corrected chi connectivity index (χ4v) is 2.87. The van der Waals surface area contributed by atoms with Gasteiger partial charge in [-0.15, -0.1) is 0 Å². The number of nitrogens with zero attached hydrogens (tertiary/aromatic N) is 1. The molecule has 4 heteroatoms. The summed E-state index contributed by atoms with van der Waals surface area (Å²) < 4.78 is 0. The van der Waals surface area contributed by atoms with E-state index in [4.69, 9.17) is 0 Å². The van der Waals surface area contributed by atoms with Crippen LogP contribution in [0.3, 0.4) is 0 Å². The highest BCUT2D eigenvalue weighted by Gasteiger charge is 2.07. The lowest BCUT2D eigenvalue weighted by Gasteiger charge is -2.11. The largest absolute Gasteiger partial charge is 0.336 e. The van der Waals surface area contributed by atoms with Crippen molar-refractivity contribution in [3.63, 3.8) is 0 Å². The Hall–Kier alpha value is -3.14. The van der Waals surface area contributed by atoms with Crippen LogP contribution in [0, 0.1) is 6.92 Å². The molecule has 0 bridgehead atoms. The molecule has 0 atom stereocenters. The van der Waals surface area contributed by atoms with Crippen LogP contribution in [0.2, 0.25) is 0 Å². The summed E-state index contributed by atoms with van der Waals surface area (Å²) in [6.45, 7) is 9.78. The van der Waals surface area contributed by atoms with Gasteiger partial charge in [-0.1, -0.05) is 36.9 Å². The highest BCUT2D eigenvalue weighted by atomic mass is 16.2. The van der Waals surface area contributed by atoms with Crippen molar-refractivity contribution in [1.29, 1.82) is 0 Å². The third kappa shape index (κ3) is 3.91. The SMILES string of the molecule is C=Cc1ccc(C)c(-c2ccc3cc(NC(=O)NC(C)C)ncc3c2)c1. The molecule has 3 aromatic rings. The zero-order valence-corrected chi connectivity index (χ0v) is 15.3. The molecule has 1 aromatic heterocycles. The number of fused-ring (bicyclic) bond motifs is 1. The van der Waals surface area contributed by atoms with E-state index in [-0.39, 0.29) is 12.1 Å². The van der Waals surface area contributed by atoms with Crippen molar-refractivity contribution < 1.29 is 4.79 Å². The average Bonchev–Trinajstić information content (AvgIpc) is 2.61. The Kier molecular flexibility index (Phi) is 5.03.